The summed E-state index contributed by atoms with van der Waals surface area (Å²) >= 11 is 0. The maximum Gasteiger partial charge on any atom is 0.0843 e. The quantitative estimate of drug-likeness (QED) is 0.917. The normalized spacial score (nSPS) is 23.7. The number of aliphatic hydroxyl groups excluding tert-OH is 1. The van der Waals surface area contributed by atoms with Gasteiger partial charge in [-0.2, -0.15) is 0 Å². The first kappa shape index (κ1) is 13.3. The van der Waals surface area contributed by atoms with Crippen LogP contribution in [0.4, 0.5) is 0 Å². The molecule has 104 valence electrons. The Balaban J connectivity index is 1.79. The van der Waals surface area contributed by atoms with E-state index in [-0.39, 0.29) is 12.0 Å². The van der Waals surface area contributed by atoms with E-state index >= 15 is 0 Å². The average Bonchev–Trinajstić information content (AvgIpc) is 2.94. The lowest BCUT2D eigenvalue weighted by Gasteiger charge is -2.21. The highest BCUT2D eigenvalue weighted by Gasteiger charge is 2.31. The molecule has 1 saturated heterocycles. The highest BCUT2D eigenvalue weighted by Crippen LogP contribution is 2.33. The molecule has 2 aromatic carbocycles. The summed E-state index contributed by atoms with van der Waals surface area (Å²) in [7, 11) is 0. The van der Waals surface area contributed by atoms with Crippen LogP contribution in [0.5, 0.6) is 0 Å². The van der Waals surface area contributed by atoms with Gasteiger partial charge in [-0.1, -0.05) is 54.6 Å². The van der Waals surface area contributed by atoms with Crippen molar-refractivity contribution in [3.8, 4) is 11.1 Å². The number of rotatable bonds is 3. The van der Waals surface area contributed by atoms with Gasteiger partial charge in [0.05, 0.1) is 12.2 Å². The van der Waals surface area contributed by atoms with Crippen LogP contribution in [0.2, 0.25) is 0 Å². The summed E-state index contributed by atoms with van der Waals surface area (Å²) in [5.74, 6) is 0.206. The van der Waals surface area contributed by atoms with E-state index < -0.39 is 6.10 Å². The van der Waals surface area contributed by atoms with Gasteiger partial charge in [0.2, 0.25) is 0 Å². The minimum atomic E-state index is -0.433. The Kier molecular flexibility index (Phi) is 3.86. The van der Waals surface area contributed by atoms with Crippen LogP contribution >= 0.6 is 0 Å². The molecule has 1 aliphatic heterocycles. The van der Waals surface area contributed by atoms with Crippen LogP contribution in [0.1, 0.15) is 25.0 Å². The molecule has 3 unspecified atom stereocenters. The molecule has 20 heavy (non-hydrogen) atoms. The van der Waals surface area contributed by atoms with E-state index in [2.05, 4.69) is 24.3 Å². The largest absolute Gasteiger partial charge is 0.388 e. The predicted molar refractivity (Wildman–Crippen MR) is 80.4 cm³/mol. The van der Waals surface area contributed by atoms with Gasteiger partial charge in [-0.25, -0.2) is 0 Å². The summed E-state index contributed by atoms with van der Waals surface area (Å²) in [6, 6.07) is 18.5. The SMILES string of the molecule is CC1OCCC1C(O)c1ccc(-c2ccccc2)cc1. The molecule has 2 aromatic rings. The summed E-state index contributed by atoms with van der Waals surface area (Å²) in [5, 5.41) is 10.5. The van der Waals surface area contributed by atoms with Crippen molar-refractivity contribution in [2.75, 3.05) is 6.61 Å². The van der Waals surface area contributed by atoms with Crippen LogP contribution in [0.25, 0.3) is 11.1 Å². The molecule has 0 bridgehead atoms. The van der Waals surface area contributed by atoms with E-state index in [1.165, 1.54) is 11.1 Å². The number of aliphatic hydroxyl groups is 1. The fourth-order valence-corrected chi connectivity index (χ4v) is 2.91. The van der Waals surface area contributed by atoms with Crippen LogP contribution in [-0.4, -0.2) is 17.8 Å². The first-order chi connectivity index (χ1) is 9.75. The fourth-order valence-electron chi connectivity index (χ4n) is 2.91. The third-order valence-corrected chi connectivity index (χ3v) is 4.20. The zero-order chi connectivity index (χ0) is 13.9. The molecule has 0 amide bonds. The lowest BCUT2D eigenvalue weighted by Crippen LogP contribution is -2.19. The van der Waals surface area contributed by atoms with Crippen LogP contribution < -0.4 is 0 Å². The minimum absolute atomic E-state index is 0.138. The Morgan fingerprint density at radius 2 is 1.65 bits per heavy atom. The molecule has 0 saturated carbocycles. The molecule has 2 heteroatoms. The molecule has 3 atom stereocenters. The van der Waals surface area contributed by atoms with Gasteiger partial charge in [0.15, 0.2) is 0 Å². The highest BCUT2D eigenvalue weighted by atomic mass is 16.5. The Morgan fingerprint density at radius 1 is 1.00 bits per heavy atom. The van der Waals surface area contributed by atoms with E-state index in [4.69, 9.17) is 4.74 Å². The van der Waals surface area contributed by atoms with Crippen LogP contribution in [-0.2, 0) is 4.74 Å². The zero-order valence-electron chi connectivity index (χ0n) is 11.7. The maximum absolute atomic E-state index is 10.5. The van der Waals surface area contributed by atoms with Gasteiger partial charge in [0.25, 0.3) is 0 Å². The number of benzene rings is 2. The van der Waals surface area contributed by atoms with Gasteiger partial charge >= 0.3 is 0 Å². The predicted octanol–water partition coefficient (Wildman–Crippen LogP) is 3.81. The van der Waals surface area contributed by atoms with Gasteiger partial charge in [0.1, 0.15) is 0 Å². The molecule has 0 aliphatic carbocycles. The molecular weight excluding hydrogens is 248 g/mol. The van der Waals surface area contributed by atoms with Crippen LogP contribution in [0.15, 0.2) is 54.6 Å². The molecule has 1 heterocycles. The van der Waals surface area contributed by atoms with E-state index in [0.29, 0.717) is 0 Å². The summed E-state index contributed by atoms with van der Waals surface area (Å²) in [4.78, 5) is 0. The van der Waals surface area contributed by atoms with Crippen molar-refractivity contribution < 1.29 is 9.84 Å². The lowest BCUT2D eigenvalue weighted by atomic mass is 9.90. The lowest BCUT2D eigenvalue weighted by molar-refractivity contribution is 0.0431. The van der Waals surface area contributed by atoms with Crippen molar-refractivity contribution in [1.29, 1.82) is 0 Å². The first-order valence-corrected chi connectivity index (χ1v) is 7.21. The summed E-state index contributed by atoms with van der Waals surface area (Å²) in [6.45, 7) is 2.80. The molecule has 2 nitrogen and oxygen atoms in total. The maximum atomic E-state index is 10.5. The molecule has 0 aromatic heterocycles. The van der Waals surface area contributed by atoms with Crippen molar-refractivity contribution in [2.24, 2.45) is 5.92 Å². The van der Waals surface area contributed by atoms with E-state index in [1.807, 2.05) is 37.3 Å². The Morgan fingerprint density at radius 3 is 2.25 bits per heavy atom. The molecule has 0 spiro atoms. The van der Waals surface area contributed by atoms with E-state index in [0.717, 1.165) is 18.6 Å². The number of ether oxygens (including phenoxy) is 1. The fraction of sp³-hybridized carbons (Fsp3) is 0.333. The second-order valence-electron chi connectivity index (χ2n) is 5.46. The highest BCUT2D eigenvalue weighted by molar-refractivity contribution is 5.63. The van der Waals surface area contributed by atoms with E-state index in [1.54, 1.807) is 0 Å². The second-order valence-corrected chi connectivity index (χ2v) is 5.46. The summed E-state index contributed by atoms with van der Waals surface area (Å²) in [6.07, 6.45) is 0.638. The van der Waals surface area contributed by atoms with Crippen molar-refractivity contribution in [3.05, 3.63) is 60.2 Å². The van der Waals surface area contributed by atoms with Crippen LogP contribution in [0, 0.1) is 5.92 Å². The summed E-state index contributed by atoms with van der Waals surface area (Å²) in [5.41, 5.74) is 3.36. The molecule has 3 rings (SSSR count). The Bertz CT molecular complexity index is 547. The standard InChI is InChI=1S/C18H20O2/c1-13-17(11-12-20-13)18(19)16-9-7-15(8-10-16)14-5-3-2-4-6-14/h2-10,13,17-19H,11-12H2,1H3. The molecule has 1 N–H and O–H groups in total. The van der Waals surface area contributed by atoms with Crippen molar-refractivity contribution in [1.82, 2.24) is 0 Å². The van der Waals surface area contributed by atoms with Gasteiger partial charge < -0.3 is 9.84 Å². The smallest absolute Gasteiger partial charge is 0.0843 e. The second kappa shape index (κ2) is 5.78. The third-order valence-electron chi connectivity index (χ3n) is 4.20. The zero-order valence-corrected chi connectivity index (χ0v) is 11.7. The third kappa shape index (κ3) is 2.62. The number of hydrogen-bond acceptors (Lipinski definition) is 2. The molecule has 1 fully saturated rings. The molecule has 0 radical (unpaired) electrons. The monoisotopic (exact) mass is 268 g/mol. The molecule has 1 aliphatic rings. The summed E-state index contributed by atoms with van der Waals surface area (Å²) < 4.78 is 5.54. The van der Waals surface area contributed by atoms with Crippen molar-refractivity contribution in [3.63, 3.8) is 0 Å². The van der Waals surface area contributed by atoms with Gasteiger partial charge in [-0.3, -0.25) is 0 Å². The first-order valence-electron chi connectivity index (χ1n) is 7.21. The van der Waals surface area contributed by atoms with Gasteiger partial charge in [0, 0.05) is 12.5 Å². The van der Waals surface area contributed by atoms with Crippen molar-refractivity contribution in [2.45, 2.75) is 25.6 Å². The average molecular weight is 268 g/mol. The Labute approximate surface area is 120 Å². The van der Waals surface area contributed by atoms with Gasteiger partial charge in [-0.05, 0) is 30.0 Å². The topological polar surface area (TPSA) is 29.5 Å². The minimum Gasteiger partial charge on any atom is -0.388 e. The van der Waals surface area contributed by atoms with E-state index in [9.17, 15) is 5.11 Å². The Hall–Kier alpha value is -1.64. The number of hydrogen-bond donors (Lipinski definition) is 1. The van der Waals surface area contributed by atoms with Crippen LogP contribution in [0.3, 0.4) is 0 Å². The van der Waals surface area contributed by atoms with Gasteiger partial charge in [-0.15, -0.1) is 0 Å². The van der Waals surface area contributed by atoms with Crippen molar-refractivity contribution >= 4 is 0 Å². The molecular formula is C18H20O2.